The summed E-state index contributed by atoms with van der Waals surface area (Å²) in [5.74, 6) is 2.60. The van der Waals surface area contributed by atoms with Gasteiger partial charge < -0.3 is 5.11 Å². The molecule has 0 aromatic rings. The molecule has 0 radical (unpaired) electrons. The van der Waals surface area contributed by atoms with Crippen LogP contribution < -0.4 is 0 Å². The van der Waals surface area contributed by atoms with Crippen molar-refractivity contribution in [1.82, 2.24) is 0 Å². The SMILES string of the molecule is C=C[C@]1(O)CCCC[C@H]1C1=C[C@H]2[C@@H](C[C@H]1C)C2(C)C. The van der Waals surface area contributed by atoms with Crippen molar-refractivity contribution in [2.24, 2.45) is 29.1 Å². The first-order valence-corrected chi connectivity index (χ1v) is 7.97. The smallest absolute Gasteiger partial charge is 0.0890 e. The summed E-state index contributed by atoms with van der Waals surface area (Å²) >= 11 is 0. The van der Waals surface area contributed by atoms with Gasteiger partial charge in [0.1, 0.15) is 0 Å². The molecular formula is C18H28O. The van der Waals surface area contributed by atoms with Crippen molar-refractivity contribution >= 4 is 0 Å². The van der Waals surface area contributed by atoms with Crippen LogP contribution in [-0.2, 0) is 0 Å². The van der Waals surface area contributed by atoms with Crippen LogP contribution >= 0.6 is 0 Å². The van der Waals surface area contributed by atoms with Crippen LogP contribution in [0.25, 0.3) is 0 Å². The number of rotatable bonds is 2. The van der Waals surface area contributed by atoms with Gasteiger partial charge in [-0.1, -0.05) is 51.3 Å². The molecule has 5 atom stereocenters. The predicted molar refractivity (Wildman–Crippen MR) is 79.7 cm³/mol. The lowest BCUT2D eigenvalue weighted by Crippen LogP contribution is -2.41. The van der Waals surface area contributed by atoms with E-state index in [2.05, 4.69) is 33.4 Å². The molecule has 0 unspecified atom stereocenters. The molecule has 1 heteroatoms. The van der Waals surface area contributed by atoms with Gasteiger partial charge in [0.15, 0.2) is 0 Å². The minimum absolute atomic E-state index is 0.325. The topological polar surface area (TPSA) is 20.2 Å². The standard InChI is InChI=1S/C18H28O/c1-5-18(19)9-7-6-8-14(18)13-11-16-15(10-12(13)2)17(16,3)4/h5,11-12,14-16,19H,1,6-10H2,2-4H3/t12-,14+,15-,16+,18+/m1/s1. The molecule has 0 aromatic carbocycles. The molecule has 0 spiro atoms. The summed E-state index contributed by atoms with van der Waals surface area (Å²) in [6, 6.07) is 0. The van der Waals surface area contributed by atoms with E-state index in [1.54, 1.807) is 0 Å². The van der Waals surface area contributed by atoms with Gasteiger partial charge in [0, 0.05) is 5.92 Å². The number of hydrogen-bond acceptors (Lipinski definition) is 1. The number of allylic oxidation sites excluding steroid dienone is 1. The van der Waals surface area contributed by atoms with Gasteiger partial charge in [0.25, 0.3) is 0 Å². The molecule has 2 fully saturated rings. The molecule has 1 N–H and O–H groups in total. The van der Waals surface area contributed by atoms with E-state index in [9.17, 15) is 5.11 Å². The Morgan fingerprint density at radius 1 is 1.37 bits per heavy atom. The second-order valence-electron chi connectivity index (χ2n) is 7.75. The third kappa shape index (κ3) is 1.93. The lowest BCUT2D eigenvalue weighted by molar-refractivity contribution is 0.00670. The van der Waals surface area contributed by atoms with Gasteiger partial charge in [-0.3, -0.25) is 0 Å². The van der Waals surface area contributed by atoms with Gasteiger partial charge in [-0.15, -0.1) is 6.58 Å². The molecule has 3 rings (SSSR count). The van der Waals surface area contributed by atoms with Crippen molar-refractivity contribution < 1.29 is 5.11 Å². The van der Waals surface area contributed by atoms with Crippen LogP contribution in [0.4, 0.5) is 0 Å². The summed E-state index contributed by atoms with van der Waals surface area (Å²) in [7, 11) is 0. The third-order valence-corrected chi connectivity index (χ3v) is 6.37. The fraction of sp³-hybridized carbons (Fsp3) is 0.778. The zero-order chi connectivity index (χ0) is 13.8. The van der Waals surface area contributed by atoms with Crippen LogP contribution in [0.2, 0.25) is 0 Å². The highest BCUT2D eigenvalue weighted by Gasteiger charge is 2.59. The van der Waals surface area contributed by atoms with Crippen molar-refractivity contribution in [3.8, 4) is 0 Å². The third-order valence-electron chi connectivity index (χ3n) is 6.37. The van der Waals surface area contributed by atoms with Crippen LogP contribution in [0.15, 0.2) is 24.3 Å². The quantitative estimate of drug-likeness (QED) is 0.733. The summed E-state index contributed by atoms with van der Waals surface area (Å²) in [4.78, 5) is 0. The summed E-state index contributed by atoms with van der Waals surface area (Å²) < 4.78 is 0. The maximum atomic E-state index is 10.9. The highest BCUT2D eigenvalue weighted by Crippen LogP contribution is 2.65. The molecule has 3 aliphatic carbocycles. The molecule has 2 saturated carbocycles. The molecular weight excluding hydrogens is 232 g/mol. The Labute approximate surface area is 117 Å². The van der Waals surface area contributed by atoms with Crippen LogP contribution in [0.3, 0.4) is 0 Å². The maximum Gasteiger partial charge on any atom is 0.0890 e. The Balaban J connectivity index is 1.90. The van der Waals surface area contributed by atoms with Gasteiger partial charge in [0.05, 0.1) is 5.60 Å². The van der Waals surface area contributed by atoms with E-state index in [0.29, 0.717) is 17.3 Å². The lowest BCUT2D eigenvalue weighted by atomic mass is 9.67. The van der Waals surface area contributed by atoms with Gasteiger partial charge in [-0.05, 0) is 42.4 Å². The van der Waals surface area contributed by atoms with Crippen molar-refractivity contribution in [3.05, 3.63) is 24.3 Å². The van der Waals surface area contributed by atoms with E-state index in [1.165, 1.54) is 18.4 Å². The van der Waals surface area contributed by atoms with Crippen molar-refractivity contribution in [1.29, 1.82) is 0 Å². The summed E-state index contributed by atoms with van der Waals surface area (Å²) in [5.41, 5.74) is 1.38. The number of aliphatic hydroxyl groups is 1. The number of fused-ring (bicyclic) bond motifs is 1. The zero-order valence-corrected chi connectivity index (χ0v) is 12.7. The Hall–Kier alpha value is -0.560. The molecule has 0 aliphatic heterocycles. The monoisotopic (exact) mass is 260 g/mol. The summed E-state index contributed by atoms with van der Waals surface area (Å²) in [6.07, 6.45) is 10.1. The van der Waals surface area contributed by atoms with E-state index in [4.69, 9.17) is 0 Å². The van der Waals surface area contributed by atoms with Crippen molar-refractivity contribution in [2.45, 2.75) is 58.5 Å². The molecule has 19 heavy (non-hydrogen) atoms. The highest BCUT2D eigenvalue weighted by atomic mass is 16.3. The zero-order valence-electron chi connectivity index (χ0n) is 12.7. The summed E-state index contributed by atoms with van der Waals surface area (Å²) in [5, 5.41) is 10.9. The normalized spacial score (nSPS) is 48.1. The van der Waals surface area contributed by atoms with Crippen LogP contribution in [0.1, 0.15) is 52.9 Å². The highest BCUT2D eigenvalue weighted by molar-refractivity contribution is 5.30. The number of hydrogen-bond donors (Lipinski definition) is 1. The van der Waals surface area contributed by atoms with Gasteiger partial charge in [-0.25, -0.2) is 0 Å². The van der Waals surface area contributed by atoms with E-state index in [1.807, 2.05) is 6.08 Å². The van der Waals surface area contributed by atoms with Gasteiger partial charge >= 0.3 is 0 Å². The second kappa shape index (κ2) is 4.22. The fourth-order valence-electron chi connectivity index (χ4n) is 4.80. The minimum atomic E-state index is -0.649. The molecule has 0 heterocycles. The molecule has 0 bridgehead atoms. The Kier molecular flexibility index (Phi) is 2.98. The molecule has 106 valence electrons. The average molecular weight is 260 g/mol. The Morgan fingerprint density at radius 3 is 2.79 bits per heavy atom. The lowest BCUT2D eigenvalue weighted by Gasteiger charge is -2.42. The molecule has 0 amide bonds. The van der Waals surface area contributed by atoms with E-state index < -0.39 is 5.60 Å². The van der Waals surface area contributed by atoms with Crippen LogP contribution in [-0.4, -0.2) is 10.7 Å². The molecule has 1 nitrogen and oxygen atoms in total. The first kappa shape index (κ1) is 13.4. The molecule has 0 saturated heterocycles. The van der Waals surface area contributed by atoms with Crippen molar-refractivity contribution in [3.63, 3.8) is 0 Å². The van der Waals surface area contributed by atoms with E-state index >= 15 is 0 Å². The Bertz CT molecular complexity index is 419. The van der Waals surface area contributed by atoms with Crippen LogP contribution in [0.5, 0.6) is 0 Å². The summed E-state index contributed by atoms with van der Waals surface area (Å²) in [6.45, 7) is 11.1. The fourth-order valence-corrected chi connectivity index (χ4v) is 4.80. The predicted octanol–water partition coefficient (Wildman–Crippen LogP) is 4.33. The molecule has 0 aromatic heterocycles. The first-order valence-electron chi connectivity index (χ1n) is 7.97. The van der Waals surface area contributed by atoms with Gasteiger partial charge in [0.2, 0.25) is 0 Å². The largest absolute Gasteiger partial charge is 0.385 e. The van der Waals surface area contributed by atoms with E-state index in [0.717, 1.165) is 31.1 Å². The van der Waals surface area contributed by atoms with Crippen molar-refractivity contribution in [2.75, 3.05) is 0 Å². The second-order valence-corrected chi connectivity index (χ2v) is 7.75. The first-order chi connectivity index (χ1) is 8.90. The van der Waals surface area contributed by atoms with Gasteiger partial charge in [-0.2, -0.15) is 0 Å². The van der Waals surface area contributed by atoms with E-state index in [-0.39, 0.29) is 0 Å². The molecule has 3 aliphatic rings. The Morgan fingerprint density at radius 2 is 2.11 bits per heavy atom. The van der Waals surface area contributed by atoms with Crippen LogP contribution in [0, 0.1) is 29.1 Å². The maximum absolute atomic E-state index is 10.9. The minimum Gasteiger partial charge on any atom is -0.385 e. The average Bonchev–Trinajstić information content (AvgIpc) is 2.90.